The minimum Gasteiger partial charge on any atom is -0.347 e. The molecule has 1 aromatic carbocycles. The van der Waals surface area contributed by atoms with Gasteiger partial charge >= 0.3 is 6.03 Å². The highest BCUT2D eigenvalue weighted by molar-refractivity contribution is 5.95. The number of benzene rings is 1. The SMILES string of the molecule is C=CCNC(=O)Nc1ccc(C(=O)NC(C)(C)CC)cc1. The first-order valence-corrected chi connectivity index (χ1v) is 6.96. The van der Waals surface area contributed by atoms with Gasteiger partial charge in [0, 0.05) is 23.3 Å². The zero-order valence-electron chi connectivity index (χ0n) is 12.8. The lowest BCUT2D eigenvalue weighted by Gasteiger charge is -2.24. The Balaban J connectivity index is 2.63. The van der Waals surface area contributed by atoms with Crippen molar-refractivity contribution in [2.24, 2.45) is 0 Å². The van der Waals surface area contributed by atoms with E-state index < -0.39 is 0 Å². The van der Waals surface area contributed by atoms with Gasteiger partial charge in [-0.25, -0.2) is 4.79 Å². The van der Waals surface area contributed by atoms with Gasteiger partial charge in [-0.15, -0.1) is 6.58 Å². The molecule has 0 fully saturated rings. The maximum absolute atomic E-state index is 12.1. The zero-order valence-corrected chi connectivity index (χ0v) is 12.8. The quantitative estimate of drug-likeness (QED) is 0.705. The van der Waals surface area contributed by atoms with E-state index in [2.05, 4.69) is 22.5 Å². The molecule has 3 N–H and O–H groups in total. The van der Waals surface area contributed by atoms with Crippen LogP contribution in [0.4, 0.5) is 10.5 Å². The van der Waals surface area contributed by atoms with E-state index in [4.69, 9.17) is 0 Å². The summed E-state index contributed by atoms with van der Waals surface area (Å²) >= 11 is 0. The Labute approximate surface area is 125 Å². The summed E-state index contributed by atoms with van der Waals surface area (Å²) in [6.07, 6.45) is 2.45. The van der Waals surface area contributed by atoms with Crippen molar-refractivity contribution < 1.29 is 9.59 Å². The first-order chi connectivity index (χ1) is 9.88. The molecule has 3 amide bonds. The van der Waals surface area contributed by atoms with E-state index in [1.165, 1.54) is 0 Å². The van der Waals surface area contributed by atoms with Crippen LogP contribution in [0.15, 0.2) is 36.9 Å². The highest BCUT2D eigenvalue weighted by Gasteiger charge is 2.18. The Bertz CT molecular complexity index is 507. The number of urea groups is 1. The molecule has 5 heteroatoms. The van der Waals surface area contributed by atoms with Gasteiger partial charge in [0.1, 0.15) is 0 Å². The summed E-state index contributed by atoms with van der Waals surface area (Å²) in [5, 5.41) is 8.24. The normalized spacial score (nSPS) is 10.6. The van der Waals surface area contributed by atoms with E-state index in [9.17, 15) is 9.59 Å². The third-order valence-electron chi connectivity index (χ3n) is 3.15. The molecule has 114 valence electrons. The maximum atomic E-state index is 12.1. The van der Waals surface area contributed by atoms with Crippen LogP contribution >= 0.6 is 0 Å². The summed E-state index contributed by atoms with van der Waals surface area (Å²) in [6, 6.07) is 6.45. The average molecular weight is 289 g/mol. The molecule has 0 radical (unpaired) electrons. The van der Waals surface area contributed by atoms with Crippen LogP contribution in [0.2, 0.25) is 0 Å². The molecule has 5 nitrogen and oxygen atoms in total. The van der Waals surface area contributed by atoms with Gasteiger partial charge < -0.3 is 16.0 Å². The summed E-state index contributed by atoms with van der Waals surface area (Å²) in [5.74, 6) is -0.121. The number of anilines is 1. The molecule has 1 rings (SSSR count). The molecule has 0 spiro atoms. The molecule has 0 atom stereocenters. The molecule has 0 unspecified atom stereocenters. The van der Waals surface area contributed by atoms with Crippen molar-refractivity contribution in [1.29, 1.82) is 0 Å². The lowest BCUT2D eigenvalue weighted by molar-refractivity contribution is 0.0911. The summed E-state index contributed by atoms with van der Waals surface area (Å²) in [5.41, 5.74) is 0.954. The van der Waals surface area contributed by atoms with Gasteiger partial charge in [-0.05, 0) is 44.5 Å². The molecule has 1 aromatic rings. The van der Waals surface area contributed by atoms with Crippen LogP contribution in [-0.2, 0) is 0 Å². The van der Waals surface area contributed by atoms with E-state index in [0.29, 0.717) is 17.8 Å². The molecule has 0 heterocycles. The van der Waals surface area contributed by atoms with Crippen LogP contribution < -0.4 is 16.0 Å². The Hall–Kier alpha value is -2.30. The second kappa shape index (κ2) is 7.47. The summed E-state index contributed by atoms with van der Waals surface area (Å²) < 4.78 is 0. The second-order valence-corrected chi connectivity index (χ2v) is 5.39. The lowest BCUT2D eigenvalue weighted by Crippen LogP contribution is -2.42. The van der Waals surface area contributed by atoms with Crippen molar-refractivity contribution in [1.82, 2.24) is 10.6 Å². The first kappa shape index (κ1) is 16.8. The number of carbonyl (C=O) groups excluding carboxylic acids is 2. The first-order valence-electron chi connectivity index (χ1n) is 6.96. The molecule has 0 aliphatic heterocycles. The van der Waals surface area contributed by atoms with Crippen LogP contribution in [0.3, 0.4) is 0 Å². The van der Waals surface area contributed by atoms with E-state index in [0.717, 1.165) is 6.42 Å². The number of carbonyl (C=O) groups is 2. The van der Waals surface area contributed by atoms with Gasteiger partial charge in [-0.1, -0.05) is 13.0 Å². The number of nitrogens with one attached hydrogen (secondary N) is 3. The molecule has 0 aliphatic carbocycles. The molecule has 0 bridgehead atoms. The highest BCUT2D eigenvalue weighted by atomic mass is 16.2. The van der Waals surface area contributed by atoms with Gasteiger partial charge in [0.25, 0.3) is 5.91 Å². The smallest absolute Gasteiger partial charge is 0.319 e. The van der Waals surface area contributed by atoms with Gasteiger partial charge in [-0.3, -0.25) is 4.79 Å². The fourth-order valence-electron chi connectivity index (χ4n) is 1.51. The summed E-state index contributed by atoms with van der Waals surface area (Å²) in [7, 11) is 0. The third-order valence-corrected chi connectivity index (χ3v) is 3.15. The van der Waals surface area contributed by atoms with Gasteiger partial charge in [0.2, 0.25) is 0 Å². The summed E-state index contributed by atoms with van der Waals surface area (Å²) in [4.78, 5) is 23.5. The van der Waals surface area contributed by atoms with Crippen LogP contribution in [0.1, 0.15) is 37.6 Å². The maximum Gasteiger partial charge on any atom is 0.319 e. The van der Waals surface area contributed by atoms with Crippen molar-refractivity contribution in [3.05, 3.63) is 42.5 Å². The monoisotopic (exact) mass is 289 g/mol. The zero-order chi connectivity index (χ0) is 15.9. The van der Waals surface area contributed by atoms with E-state index in [-0.39, 0.29) is 17.5 Å². The molecule has 0 aromatic heterocycles. The Morgan fingerprint density at radius 2 is 1.86 bits per heavy atom. The summed E-state index contributed by atoms with van der Waals surface area (Å²) in [6.45, 7) is 9.90. The minimum atomic E-state index is -0.306. The van der Waals surface area contributed by atoms with E-state index >= 15 is 0 Å². The molecular formula is C16H23N3O2. The predicted octanol–water partition coefficient (Wildman–Crippen LogP) is 2.91. The molecular weight excluding hydrogens is 266 g/mol. The molecule has 0 saturated carbocycles. The van der Waals surface area contributed by atoms with Crippen LogP contribution in [0.5, 0.6) is 0 Å². The lowest BCUT2D eigenvalue weighted by atomic mass is 10.0. The third kappa shape index (κ3) is 5.69. The van der Waals surface area contributed by atoms with Gasteiger partial charge in [-0.2, -0.15) is 0 Å². The van der Waals surface area contributed by atoms with Crippen LogP contribution in [0.25, 0.3) is 0 Å². The van der Waals surface area contributed by atoms with Crippen molar-refractivity contribution in [3.63, 3.8) is 0 Å². The van der Waals surface area contributed by atoms with E-state index in [1.54, 1.807) is 30.3 Å². The van der Waals surface area contributed by atoms with Crippen molar-refractivity contribution in [2.75, 3.05) is 11.9 Å². The predicted molar refractivity (Wildman–Crippen MR) is 85.5 cm³/mol. The van der Waals surface area contributed by atoms with E-state index in [1.807, 2.05) is 20.8 Å². The number of amides is 3. The van der Waals surface area contributed by atoms with Crippen molar-refractivity contribution in [2.45, 2.75) is 32.7 Å². The van der Waals surface area contributed by atoms with Gasteiger partial charge in [0.15, 0.2) is 0 Å². The van der Waals surface area contributed by atoms with Crippen LogP contribution in [-0.4, -0.2) is 24.0 Å². The largest absolute Gasteiger partial charge is 0.347 e. The second-order valence-electron chi connectivity index (χ2n) is 5.39. The number of hydrogen-bond donors (Lipinski definition) is 3. The van der Waals surface area contributed by atoms with Crippen molar-refractivity contribution in [3.8, 4) is 0 Å². The fourth-order valence-corrected chi connectivity index (χ4v) is 1.51. The Kier molecular flexibility index (Phi) is 5.96. The highest BCUT2D eigenvalue weighted by Crippen LogP contribution is 2.12. The molecule has 0 saturated heterocycles. The fraction of sp³-hybridized carbons (Fsp3) is 0.375. The molecule has 21 heavy (non-hydrogen) atoms. The van der Waals surface area contributed by atoms with Crippen molar-refractivity contribution >= 4 is 17.6 Å². The number of rotatable bonds is 6. The van der Waals surface area contributed by atoms with Crippen LogP contribution in [0, 0.1) is 0 Å². The minimum absolute atomic E-state index is 0.121. The Morgan fingerprint density at radius 1 is 1.24 bits per heavy atom. The Morgan fingerprint density at radius 3 is 2.38 bits per heavy atom. The average Bonchev–Trinajstić information content (AvgIpc) is 2.45. The topological polar surface area (TPSA) is 70.2 Å². The van der Waals surface area contributed by atoms with Gasteiger partial charge in [0.05, 0.1) is 0 Å². The molecule has 0 aliphatic rings. The standard InChI is InChI=1S/C16H23N3O2/c1-5-11-17-15(21)18-13-9-7-12(8-10-13)14(20)19-16(3,4)6-2/h5,7-10H,1,6,11H2,2-4H3,(H,19,20)(H2,17,18,21). The number of hydrogen-bond acceptors (Lipinski definition) is 2.